The van der Waals surface area contributed by atoms with Crippen molar-refractivity contribution in [3.63, 3.8) is 0 Å². The zero-order chi connectivity index (χ0) is 29.4. The van der Waals surface area contributed by atoms with Gasteiger partial charge in [-0.15, -0.1) is 0 Å². The number of anilines is 1. The van der Waals surface area contributed by atoms with Crippen molar-refractivity contribution in [2.45, 2.75) is 45.7 Å². The maximum atomic E-state index is 13.8. The minimum absolute atomic E-state index is 0.0151. The molecule has 10 heteroatoms. The van der Waals surface area contributed by atoms with E-state index in [1.165, 1.54) is 16.3 Å². The number of halogens is 2. The second-order valence-electron chi connectivity index (χ2n) is 9.77. The molecule has 0 aliphatic rings. The molecule has 7 nitrogen and oxygen atoms in total. The smallest absolute Gasteiger partial charge is 0.242 e. The van der Waals surface area contributed by atoms with Crippen LogP contribution in [0.3, 0.4) is 0 Å². The fourth-order valence-corrected chi connectivity index (χ4v) is 6.08. The van der Waals surface area contributed by atoms with Crippen molar-refractivity contribution in [2.75, 3.05) is 24.2 Å². The largest absolute Gasteiger partial charge is 0.357 e. The summed E-state index contributed by atoms with van der Waals surface area (Å²) in [6.07, 6.45) is 1.70. The summed E-state index contributed by atoms with van der Waals surface area (Å²) < 4.78 is 26.7. The molecule has 0 unspecified atom stereocenters. The van der Waals surface area contributed by atoms with Gasteiger partial charge < -0.3 is 10.2 Å². The van der Waals surface area contributed by atoms with E-state index in [1.807, 2.05) is 62.4 Å². The summed E-state index contributed by atoms with van der Waals surface area (Å²) in [4.78, 5) is 28.4. The summed E-state index contributed by atoms with van der Waals surface area (Å²) in [5, 5.41) is 3.45. The zero-order valence-electron chi connectivity index (χ0n) is 23.2. The van der Waals surface area contributed by atoms with Crippen LogP contribution in [0.15, 0.2) is 66.7 Å². The fraction of sp³-hybridized carbons (Fsp3) is 0.333. The van der Waals surface area contributed by atoms with E-state index in [-0.39, 0.29) is 44.2 Å². The number of nitrogens with zero attached hydrogens (tertiary/aromatic N) is 2. The fourth-order valence-electron chi connectivity index (χ4n) is 4.54. The summed E-state index contributed by atoms with van der Waals surface area (Å²) in [6, 6.07) is 19.3. The van der Waals surface area contributed by atoms with E-state index < -0.39 is 16.1 Å². The lowest BCUT2D eigenvalue weighted by atomic mass is 10.0. The Morgan fingerprint density at radius 2 is 1.60 bits per heavy atom. The molecule has 0 fully saturated rings. The van der Waals surface area contributed by atoms with Crippen LogP contribution >= 0.6 is 23.2 Å². The first kappa shape index (κ1) is 31.5. The first-order chi connectivity index (χ1) is 18.9. The Bertz CT molecular complexity index is 1430. The molecule has 0 spiro atoms. The van der Waals surface area contributed by atoms with Crippen molar-refractivity contribution in [2.24, 2.45) is 0 Å². The van der Waals surface area contributed by atoms with Gasteiger partial charge in [-0.25, -0.2) is 8.42 Å². The van der Waals surface area contributed by atoms with Crippen LogP contribution in [0.25, 0.3) is 0 Å². The molecule has 3 aromatic rings. The van der Waals surface area contributed by atoms with E-state index in [4.69, 9.17) is 23.2 Å². The summed E-state index contributed by atoms with van der Waals surface area (Å²) >= 11 is 12.9. The molecule has 0 saturated heterocycles. The Kier molecular flexibility index (Phi) is 11.0. The van der Waals surface area contributed by atoms with Crippen LogP contribution in [0, 0.1) is 13.8 Å². The predicted octanol–water partition coefficient (Wildman–Crippen LogP) is 5.54. The molecular weight excluding hydrogens is 569 g/mol. The number of carbonyl (C=O) groups excluding carboxylic acids is 2. The lowest BCUT2D eigenvalue weighted by molar-refractivity contribution is -0.141. The summed E-state index contributed by atoms with van der Waals surface area (Å²) in [7, 11) is -2.07. The number of carbonyl (C=O) groups is 2. The molecule has 0 aromatic heterocycles. The number of hydrogen-bond donors (Lipinski definition) is 1. The van der Waals surface area contributed by atoms with Crippen molar-refractivity contribution in [3.8, 4) is 0 Å². The lowest BCUT2D eigenvalue weighted by Gasteiger charge is -2.32. The molecule has 0 heterocycles. The second-order valence-corrected chi connectivity index (χ2v) is 12.5. The Labute approximate surface area is 247 Å². The molecule has 1 atom stereocenters. The average Bonchev–Trinajstić information content (AvgIpc) is 2.91. The number of aryl methyl sites for hydroxylation is 2. The molecule has 0 radical (unpaired) electrons. The maximum absolute atomic E-state index is 13.8. The molecule has 2 amide bonds. The van der Waals surface area contributed by atoms with Crippen molar-refractivity contribution >= 4 is 50.7 Å². The third-order valence-electron chi connectivity index (χ3n) is 6.69. The number of rotatable bonds is 12. The Hall–Kier alpha value is -3.07. The van der Waals surface area contributed by atoms with Gasteiger partial charge in [-0.05, 0) is 55.2 Å². The van der Waals surface area contributed by atoms with Gasteiger partial charge in [0, 0.05) is 48.6 Å². The van der Waals surface area contributed by atoms with Crippen LogP contribution in [-0.2, 0) is 32.6 Å². The van der Waals surface area contributed by atoms with Gasteiger partial charge >= 0.3 is 0 Å². The van der Waals surface area contributed by atoms with E-state index in [2.05, 4.69) is 5.32 Å². The van der Waals surface area contributed by atoms with Gasteiger partial charge in [-0.3, -0.25) is 13.9 Å². The average molecular weight is 605 g/mol. The van der Waals surface area contributed by atoms with Gasteiger partial charge in [0.2, 0.25) is 21.8 Å². The van der Waals surface area contributed by atoms with E-state index >= 15 is 0 Å². The molecule has 0 bridgehead atoms. The summed E-state index contributed by atoms with van der Waals surface area (Å²) in [5.41, 5.74) is 3.76. The van der Waals surface area contributed by atoms with Crippen molar-refractivity contribution < 1.29 is 18.0 Å². The van der Waals surface area contributed by atoms with Crippen LogP contribution in [0.2, 0.25) is 10.0 Å². The second kappa shape index (κ2) is 14.0. The quantitative estimate of drug-likeness (QED) is 0.294. The molecule has 0 aliphatic carbocycles. The Morgan fingerprint density at radius 3 is 2.20 bits per heavy atom. The maximum Gasteiger partial charge on any atom is 0.242 e. The number of amides is 2. The molecule has 40 heavy (non-hydrogen) atoms. The van der Waals surface area contributed by atoms with Gasteiger partial charge in [-0.1, -0.05) is 71.7 Å². The number of nitrogens with one attached hydrogen (secondary N) is 1. The van der Waals surface area contributed by atoms with Crippen LogP contribution in [0.5, 0.6) is 0 Å². The van der Waals surface area contributed by atoms with E-state index in [9.17, 15) is 18.0 Å². The summed E-state index contributed by atoms with van der Waals surface area (Å²) in [6.45, 7) is 3.88. The highest BCUT2D eigenvalue weighted by molar-refractivity contribution is 7.92. The van der Waals surface area contributed by atoms with Crippen molar-refractivity contribution in [3.05, 3.63) is 99.0 Å². The lowest BCUT2D eigenvalue weighted by Crippen LogP contribution is -2.50. The van der Waals surface area contributed by atoms with Gasteiger partial charge in [0.15, 0.2) is 0 Å². The first-order valence-corrected chi connectivity index (χ1v) is 15.6. The molecular formula is C30H35Cl2N3O4S. The van der Waals surface area contributed by atoms with Gasteiger partial charge in [0.25, 0.3) is 0 Å². The van der Waals surface area contributed by atoms with Crippen LogP contribution in [0.4, 0.5) is 5.69 Å². The van der Waals surface area contributed by atoms with Crippen LogP contribution < -0.4 is 9.62 Å². The van der Waals surface area contributed by atoms with E-state index in [1.54, 1.807) is 18.2 Å². The third-order valence-corrected chi connectivity index (χ3v) is 8.58. The van der Waals surface area contributed by atoms with Crippen LogP contribution in [-0.4, -0.2) is 51.0 Å². The predicted molar refractivity (Wildman–Crippen MR) is 162 cm³/mol. The highest BCUT2D eigenvalue weighted by Crippen LogP contribution is 2.28. The summed E-state index contributed by atoms with van der Waals surface area (Å²) in [5.74, 6) is -0.636. The molecule has 0 aliphatic heterocycles. The minimum Gasteiger partial charge on any atom is -0.357 e. The number of benzene rings is 3. The zero-order valence-corrected chi connectivity index (χ0v) is 25.5. The molecule has 0 saturated carbocycles. The number of sulfonamides is 1. The minimum atomic E-state index is -3.60. The molecule has 3 rings (SSSR count). The van der Waals surface area contributed by atoms with E-state index in [0.717, 1.165) is 22.9 Å². The number of likely N-dealkylation sites (N-methyl/N-ethyl adjacent to an activating group) is 1. The first-order valence-electron chi connectivity index (χ1n) is 12.9. The SMILES string of the molecule is CNC(=O)[C@H](Cc1ccccc1)N(Cc1c(Cl)cccc1Cl)C(=O)CCCN(c1cc(C)ccc1C)S(C)(=O)=O. The standard InChI is InChI=1S/C30H35Cl2N3O4S/c1-21-15-16-22(2)27(18-21)35(40(4,38)39)17-9-14-29(36)34(20-24-25(31)12-8-13-26(24)32)28(30(37)33-3)19-23-10-6-5-7-11-23/h5-8,10-13,15-16,18,28H,9,14,17,19-20H2,1-4H3,(H,33,37)/t28-/m0/s1. The Balaban J connectivity index is 1.91. The van der Waals surface area contributed by atoms with Crippen molar-refractivity contribution in [1.82, 2.24) is 10.2 Å². The Morgan fingerprint density at radius 1 is 0.950 bits per heavy atom. The van der Waals surface area contributed by atoms with E-state index in [0.29, 0.717) is 21.3 Å². The highest BCUT2D eigenvalue weighted by Gasteiger charge is 2.31. The monoisotopic (exact) mass is 603 g/mol. The molecule has 1 N–H and O–H groups in total. The van der Waals surface area contributed by atoms with Crippen LogP contribution in [0.1, 0.15) is 35.1 Å². The molecule has 214 valence electrons. The van der Waals surface area contributed by atoms with Gasteiger partial charge in [0.05, 0.1) is 11.9 Å². The topological polar surface area (TPSA) is 86.8 Å². The highest BCUT2D eigenvalue weighted by atomic mass is 35.5. The van der Waals surface area contributed by atoms with Gasteiger partial charge in [-0.2, -0.15) is 0 Å². The normalized spacial score (nSPS) is 12.1. The number of hydrogen-bond acceptors (Lipinski definition) is 4. The van der Waals surface area contributed by atoms with Gasteiger partial charge in [0.1, 0.15) is 6.04 Å². The van der Waals surface area contributed by atoms with Crippen molar-refractivity contribution in [1.29, 1.82) is 0 Å². The third kappa shape index (κ3) is 8.22. The molecule has 3 aromatic carbocycles.